The number of rotatable bonds is 6. The zero-order chi connectivity index (χ0) is 12.3. The lowest BCUT2D eigenvalue weighted by Gasteiger charge is -2.13. The predicted molar refractivity (Wildman–Crippen MR) is 66.9 cm³/mol. The SMILES string of the molecule is CC(NCCC1CC1)c1cccc([N+](=O)[O-])c1. The molecule has 1 N–H and O–H groups in total. The molecule has 17 heavy (non-hydrogen) atoms. The zero-order valence-corrected chi connectivity index (χ0v) is 10.1. The highest BCUT2D eigenvalue weighted by molar-refractivity contribution is 5.35. The van der Waals surface area contributed by atoms with Crippen molar-refractivity contribution in [3.8, 4) is 0 Å². The molecule has 1 saturated carbocycles. The largest absolute Gasteiger partial charge is 0.310 e. The zero-order valence-electron chi connectivity index (χ0n) is 10.1. The number of benzene rings is 1. The lowest BCUT2D eigenvalue weighted by molar-refractivity contribution is -0.384. The molecule has 0 spiro atoms. The molecule has 1 aromatic rings. The molecule has 0 saturated heterocycles. The molecule has 0 aromatic heterocycles. The fourth-order valence-electron chi connectivity index (χ4n) is 1.94. The van der Waals surface area contributed by atoms with Gasteiger partial charge in [0.15, 0.2) is 0 Å². The summed E-state index contributed by atoms with van der Waals surface area (Å²) in [5, 5.41) is 14.1. The van der Waals surface area contributed by atoms with E-state index in [1.807, 2.05) is 13.0 Å². The van der Waals surface area contributed by atoms with Gasteiger partial charge in [-0.1, -0.05) is 25.0 Å². The topological polar surface area (TPSA) is 55.2 Å². The van der Waals surface area contributed by atoms with Gasteiger partial charge in [0.25, 0.3) is 5.69 Å². The molecule has 1 aliphatic rings. The van der Waals surface area contributed by atoms with E-state index in [1.54, 1.807) is 12.1 Å². The molecule has 1 fully saturated rings. The number of nitro groups is 1. The minimum atomic E-state index is -0.347. The summed E-state index contributed by atoms with van der Waals surface area (Å²) in [5.41, 5.74) is 1.15. The number of nitro benzene ring substituents is 1. The maximum atomic E-state index is 10.7. The van der Waals surface area contributed by atoms with Crippen LogP contribution in [-0.2, 0) is 0 Å². The number of hydrogen-bond acceptors (Lipinski definition) is 3. The first-order valence-electron chi connectivity index (χ1n) is 6.14. The van der Waals surface area contributed by atoms with Crippen LogP contribution in [-0.4, -0.2) is 11.5 Å². The standard InChI is InChI=1S/C13H18N2O2/c1-10(14-8-7-11-5-6-11)12-3-2-4-13(9-12)15(16)17/h2-4,9-11,14H,5-8H2,1H3. The first-order chi connectivity index (χ1) is 8.16. The van der Waals surface area contributed by atoms with E-state index in [2.05, 4.69) is 5.32 Å². The van der Waals surface area contributed by atoms with E-state index < -0.39 is 0 Å². The summed E-state index contributed by atoms with van der Waals surface area (Å²) in [6, 6.07) is 7.03. The van der Waals surface area contributed by atoms with Crippen LogP contribution < -0.4 is 5.32 Å². The van der Waals surface area contributed by atoms with E-state index >= 15 is 0 Å². The second kappa shape index (κ2) is 5.27. The first-order valence-corrected chi connectivity index (χ1v) is 6.14. The molecular weight excluding hydrogens is 216 g/mol. The van der Waals surface area contributed by atoms with Gasteiger partial charge in [-0.2, -0.15) is 0 Å². The van der Waals surface area contributed by atoms with Crippen molar-refractivity contribution >= 4 is 5.69 Å². The van der Waals surface area contributed by atoms with Crippen LogP contribution in [0.2, 0.25) is 0 Å². The van der Waals surface area contributed by atoms with Gasteiger partial charge in [-0.15, -0.1) is 0 Å². The maximum absolute atomic E-state index is 10.7. The summed E-state index contributed by atoms with van der Waals surface area (Å²) in [5.74, 6) is 0.916. The quantitative estimate of drug-likeness (QED) is 0.608. The second-order valence-electron chi connectivity index (χ2n) is 4.76. The van der Waals surface area contributed by atoms with Crippen molar-refractivity contribution in [2.45, 2.75) is 32.2 Å². The van der Waals surface area contributed by atoms with Crippen LogP contribution in [0.5, 0.6) is 0 Å². The first kappa shape index (κ1) is 12.0. The normalized spacial score (nSPS) is 16.8. The highest BCUT2D eigenvalue weighted by Crippen LogP contribution is 2.32. The third-order valence-corrected chi connectivity index (χ3v) is 3.28. The van der Waals surface area contributed by atoms with Crippen LogP contribution in [0, 0.1) is 16.0 Å². The van der Waals surface area contributed by atoms with Crippen molar-refractivity contribution in [2.75, 3.05) is 6.54 Å². The monoisotopic (exact) mass is 234 g/mol. The third kappa shape index (κ3) is 3.53. The molecule has 4 heteroatoms. The highest BCUT2D eigenvalue weighted by Gasteiger charge is 2.20. The van der Waals surface area contributed by atoms with Crippen LogP contribution in [0.3, 0.4) is 0 Å². The Balaban J connectivity index is 1.89. The maximum Gasteiger partial charge on any atom is 0.269 e. The molecule has 0 aliphatic heterocycles. The summed E-state index contributed by atoms with van der Waals surface area (Å²) >= 11 is 0. The van der Waals surface area contributed by atoms with Crippen molar-refractivity contribution in [1.82, 2.24) is 5.32 Å². The van der Waals surface area contributed by atoms with Gasteiger partial charge < -0.3 is 5.32 Å². The Hall–Kier alpha value is -1.42. The van der Waals surface area contributed by atoms with Gasteiger partial charge in [0, 0.05) is 18.2 Å². The van der Waals surface area contributed by atoms with E-state index in [-0.39, 0.29) is 16.7 Å². The Morgan fingerprint density at radius 1 is 1.53 bits per heavy atom. The van der Waals surface area contributed by atoms with Gasteiger partial charge in [-0.05, 0) is 31.4 Å². The van der Waals surface area contributed by atoms with Gasteiger partial charge in [-0.3, -0.25) is 10.1 Å². The molecular formula is C13H18N2O2. The van der Waals surface area contributed by atoms with E-state index in [9.17, 15) is 10.1 Å². The van der Waals surface area contributed by atoms with Gasteiger partial charge in [0.2, 0.25) is 0 Å². The average molecular weight is 234 g/mol. The smallest absolute Gasteiger partial charge is 0.269 e. The van der Waals surface area contributed by atoms with Gasteiger partial charge in [-0.25, -0.2) is 0 Å². The lowest BCUT2D eigenvalue weighted by Crippen LogP contribution is -2.20. The van der Waals surface area contributed by atoms with Crippen molar-refractivity contribution in [3.05, 3.63) is 39.9 Å². The fourth-order valence-corrected chi connectivity index (χ4v) is 1.94. The van der Waals surface area contributed by atoms with Crippen LogP contribution in [0.25, 0.3) is 0 Å². The molecule has 1 aromatic carbocycles. The highest BCUT2D eigenvalue weighted by atomic mass is 16.6. The lowest BCUT2D eigenvalue weighted by atomic mass is 10.1. The molecule has 0 amide bonds. The minimum Gasteiger partial charge on any atom is -0.310 e. The Bertz CT molecular complexity index is 402. The van der Waals surface area contributed by atoms with Crippen molar-refractivity contribution in [1.29, 1.82) is 0 Å². The second-order valence-corrected chi connectivity index (χ2v) is 4.76. The van der Waals surface area contributed by atoms with Gasteiger partial charge >= 0.3 is 0 Å². The molecule has 0 radical (unpaired) electrons. The summed E-state index contributed by atoms with van der Waals surface area (Å²) < 4.78 is 0. The number of nitrogens with zero attached hydrogens (tertiary/aromatic N) is 1. The Kier molecular flexibility index (Phi) is 3.74. The Morgan fingerprint density at radius 2 is 2.29 bits per heavy atom. The Labute approximate surface area is 101 Å². The van der Waals surface area contributed by atoms with Gasteiger partial charge in [0.1, 0.15) is 0 Å². The summed E-state index contributed by atoms with van der Waals surface area (Å²) in [7, 11) is 0. The van der Waals surface area contributed by atoms with E-state index in [0.29, 0.717) is 0 Å². The Morgan fingerprint density at radius 3 is 2.94 bits per heavy atom. The van der Waals surface area contributed by atoms with E-state index in [4.69, 9.17) is 0 Å². The van der Waals surface area contributed by atoms with Crippen LogP contribution >= 0.6 is 0 Å². The summed E-state index contributed by atoms with van der Waals surface area (Å²) in [6.45, 7) is 3.04. The molecule has 92 valence electrons. The fraction of sp³-hybridized carbons (Fsp3) is 0.538. The average Bonchev–Trinajstić information content (AvgIpc) is 3.13. The molecule has 0 heterocycles. The predicted octanol–water partition coefficient (Wildman–Crippen LogP) is 3.05. The van der Waals surface area contributed by atoms with Crippen LogP contribution in [0.1, 0.15) is 37.8 Å². The van der Waals surface area contributed by atoms with Crippen LogP contribution in [0.4, 0.5) is 5.69 Å². The van der Waals surface area contributed by atoms with Crippen molar-refractivity contribution in [2.24, 2.45) is 5.92 Å². The molecule has 1 unspecified atom stereocenters. The van der Waals surface area contributed by atoms with Gasteiger partial charge in [0.05, 0.1) is 4.92 Å². The number of non-ortho nitro benzene ring substituents is 1. The third-order valence-electron chi connectivity index (χ3n) is 3.28. The number of nitrogens with one attached hydrogen (secondary N) is 1. The minimum absolute atomic E-state index is 0.165. The molecule has 1 aliphatic carbocycles. The van der Waals surface area contributed by atoms with E-state index in [1.165, 1.54) is 25.3 Å². The molecule has 4 nitrogen and oxygen atoms in total. The summed E-state index contributed by atoms with van der Waals surface area (Å²) in [6.07, 6.45) is 3.96. The molecule has 0 bridgehead atoms. The van der Waals surface area contributed by atoms with Crippen LogP contribution in [0.15, 0.2) is 24.3 Å². The van der Waals surface area contributed by atoms with Crippen molar-refractivity contribution in [3.63, 3.8) is 0 Å². The molecule has 2 rings (SSSR count). The molecule has 1 atom stereocenters. The number of hydrogen-bond donors (Lipinski definition) is 1. The summed E-state index contributed by atoms with van der Waals surface area (Å²) in [4.78, 5) is 10.3. The van der Waals surface area contributed by atoms with Crippen molar-refractivity contribution < 1.29 is 4.92 Å². The van der Waals surface area contributed by atoms with E-state index in [0.717, 1.165) is 18.0 Å².